The minimum atomic E-state index is -0.408. The molecule has 1 aromatic heterocycles. The van der Waals surface area contributed by atoms with E-state index in [1.165, 1.54) is 7.05 Å². The quantitative estimate of drug-likeness (QED) is 0.311. The van der Waals surface area contributed by atoms with Crippen molar-refractivity contribution in [2.45, 2.75) is 6.92 Å². The first-order chi connectivity index (χ1) is 5.11. The first-order valence-corrected chi connectivity index (χ1v) is 3.03. The van der Waals surface area contributed by atoms with Crippen molar-refractivity contribution in [3.63, 3.8) is 0 Å². The Kier molecular flexibility index (Phi) is 1.86. The number of rotatable bonds is 1. The van der Waals surface area contributed by atoms with Crippen LogP contribution in [0.15, 0.2) is 0 Å². The Labute approximate surface area is 63.4 Å². The summed E-state index contributed by atoms with van der Waals surface area (Å²) in [5.74, 6) is 5.44. The largest absolute Gasteiger partial charge is 0.307 e. The zero-order chi connectivity index (χ0) is 8.43. The number of aryl methyl sites for hydroxylation is 1. The number of H-pyrrole nitrogens is 1. The lowest BCUT2D eigenvalue weighted by Crippen LogP contribution is -2.33. The van der Waals surface area contributed by atoms with Gasteiger partial charge in [-0.1, -0.05) is 0 Å². The van der Waals surface area contributed by atoms with Crippen LogP contribution in [0.5, 0.6) is 0 Å². The SMILES string of the molecule is Cc1nc(C(=O)N(C)N)n[nH]1. The standard InChI is InChI=1S/C5H9N5O/c1-3-7-4(9-8-3)5(11)10(2)6/h6H2,1-2H3,(H,7,8,9). The van der Waals surface area contributed by atoms with Gasteiger partial charge >= 0.3 is 5.91 Å². The predicted molar refractivity (Wildman–Crippen MR) is 37.4 cm³/mol. The zero-order valence-corrected chi connectivity index (χ0v) is 6.33. The molecule has 0 fully saturated rings. The Morgan fingerprint density at radius 1 is 1.73 bits per heavy atom. The van der Waals surface area contributed by atoms with E-state index in [1.54, 1.807) is 6.92 Å². The number of aromatic nitrogens is 3. The fourth-order valence-electron chi connectivity index (χ4n) is 0.596. The van der Waals surface area contributed by atoms with Gasteiger partial charge in [0.15, 0.2) is 0 Å². The minimum Gasteiger partial charge on any atom is -0.277 e. The maximum atomic E-state index is 11.0. The predicted octanol–water partition coefficient (Wildman–Crippen LogP) is -0.941. The van der Waals surface area contributed by atoms with Gasteiger partial charge in [0.25, 0.3) is 0 Å². The molecule has 60 valence electrons. The molecular weight excluding hydrogens is 146 g/mol. The number of aromatic amines is 1. The Morgan fingerprint density at radius 3 is 2.73 bits per heavy atom. The number of amides is 1. The Hall–Kier alpha value is -1.43. The van der Waals surface area contributed by atoms with E-state index in [1.807, 2.05) is 0 Å². The number of hydrogen-bond acceptors (Lipinski definition) is 4. The van der Waals surface area contributed by atoms with Crippen molar-refractivity contribution in [2.75, 3.05) is 7.05 Å². The molecule has 6 nitrogen and oxygen atoms in total. The lowest BCUT2D eigenvalue weighted by atomic mass is 10.5. The molecule has 0 saturated carbocycles. The van der Waals surface area contributed by atoms with Crippen molar-refractivity contribution in [2.24, 2.45) is 5.84 Å². The van der Waals surface area contributed by atoms with E-state index >= 15 is 0 Å². The maximum Gasteiger partial charge on any atom is 0.307 e. The summed E-state index contributed by atoms with van der Waals surface area (Å²) in [7, 11) is 1.44. The molecule has 0 aliphatic heterocycles. The topological polar surface area (TPSA) is 87.9 Å². The summed E-state index contributed by atoms with van der Waals surface area (Å²) in [5.41, 5.74) is 0. The van der Waals surface area contributed by atoms with Crippen LogP contribution in [0.2, 0.25) is 0 Å². The molecule has 0 atom stereocenters. The fraction of sp³-hybridized carbons (Fsp3) is 0.400. The highest BCUT2D eigenvalue weighted by Crippen LogP contribution is 1.92. The van der Waals surface area contributed by atoms with Crippen molar-refractivity contribution in [3.05, 3.63) is 11.6 Å². The second-order valence-electron chi connectivity index (χ2n) is 2.16. The lowest BCUT2D eigenvalue weighted by molar-refractivity contribution is 0.0783. The number of carbonyl (C=O) groups excluding carboxylic acids is 1. The molecule has 0 unspecified atom stereocenters. The summed E-state index contributed by atoms with van der Waals surface area (Å²) in [4.78, 5) is 14.8. The third-order valence-corrected chi connectivity index (χ3v) is 1.11. The number of carbonyl (C=O) groups is 1. The molecule has 1 aromatic rings. The van der Waals surface area contributed by atoms with Crippen LogP contribution in [-0.2, 0) is 0 Å². The van der Waals surface area contributed by atoms with E-state index in [0.29, 0.717) is 5.82 Å². The van der Waals surface area contributed by atoms with Gasteiger partial charge in [0, 0.05) is 7.05 Å². The van der Waals surface area contributed by atoms with E-state index in [-0.39, 0.29) is 5.82 Å². The second kappa shape index (κ2) is 2.67. The molecule has 0 radical (unpaired) electrons. The average Bonchev–Trinajstić information content (AvgIpc) is 2.34. The molecule has 0 saturated heterocycles. The molecule has 1 rings (SSSR count). The van der Waals surface area contributed by atoms with Crippen molar-refractivity contribution in [1.82, 2.24) is 20.2 Å². The molecule has 6 heteroatoms. The first kappa shape index (κ1) is 7.67. The molecule has 0 aliphatic carbocycles. The summed E-state index contributed by atoms with van der Waals surface area (Å²) in [6, 6.07) is 0. The molecule has 0 spiro atoms. The van der Waals surface area contributed by atoms with E-state index in [0.717, 1.165) is 5.01 Å². The molecule has 1 heterocycles. The van der Waals surface area contributed by atoms with Crippen LogP contribution >= 0.6 is 0 Å². The highest BCUT2D eigenvalue weighted by Gasteiger charge is 2.12. The van der Waals surface area contributed by atoms with Gasteiger partial charge in [-0.15, -0.1) is 5.10 Å². The zero-order valence-electron chi connectivity index (χ0n) is 6.33. The smallest absolute Gasteiger partial charge is 0.277 e. The van der Waals surface area contributed by atoms with E-state index in [4.69, 9.17) is 5.84 Å². The molecule has 3 N–H and O–H groups in total. The Morgan fingerprint density at radius 2 is 2.36 bits per heavy atom. The Balaban J connectivity index is 2.85. The molecule has 11 heavy (non-hydrogen) atoms. The van der Waals surface area contributed by atoms with Crippen LogP contribution in [0.25, 0.3) is 0 Å². The summed E-state index contributed by atoms with van der Waals surface area (Å²) in [6.45, 7) is 1.71. The monoisotopic (exact) mass is 155 g/mol. The molecule has 0 aliphatic rings. The minimum absolute atomic E-state index is 0.0903. The normalized spacial score (nSPS) is 9.73. The van der Waals surface area contributed by atoms with Crippen molar-refractivity contribution in [1.29, 1.82) is 0 Å². The number of hydrazine groups is 1. The summed E-state index contributed by atoms with van der Waals surface area (Å²) in [6.07, 6.45) is 0. The van der Waals surface area contributed by atoms with Crippen LogP contribution in [0.1, 0.15) is 16.4 Å². The molecule has 0 aromatic carbocycles. The molecule has 1 amide bonds. The third-order valence-electron chi connectivity index (χ3n) is 1.11. The average molecular weight is 155 g/mol. The van der Waals surface area contributed by atoms with Crippen LogP contribution in [-0.4, -0.2) is 33.1 Å². The van der Waals surface area contributed by atoms with Crippen LogP contribution in [0.4, 0.5) is 0 Å². The van der Waals surface area contributed by atoms with Crippen molar-refractivity contribution in [3.8, 4) is 0 Å². The number of nitrogens with two attached hydrogens (primary N) is 1. The van der Waals surface area contributed by atoms with Gasteiger partial charge in [0.2, 0.25) is 5.82 Å². The second-order valence-corrected chi connectivity index (χ2v) is 2.16. The van der Waals surface area contributed by atoms with E-state index in [2.05, 4.69) is 15.2 Å². The summed E-state index contributed by atoms with van der Waals surface area (Å²) in [5, 5.41) is 7.10. The summed E-state index contributed by atoms with van der Waals surface area (Å²) < 4.78 is 0. The molecule has 0 bridgehead atoms. The van der Waals surface area contributed by atoms with Crippen molar-refractivity contribution < 1.29 is 4.79 Å². The van der Waals surface area contributed by atoms with Gasteiger partial charge in [-0.2, -0.15) is 0 Å². The lowest BCUT2D eigenvalue weighted by Gasteiger charge is -2.04. The number of nitrogens with zero attached hydrogens (tertiary/aromatic N) is 3. The highest BCUT2D eigenvalue weighted by molar-refractivity contribution is 5.89. The van der Waals surface area contributed by atoms with Gasteiger partial charge < -0.3 is 0 Å². The van der Waals surface area contributed by atoms with Gasteiger partial charge in [-0.25, -0.2) is 10.8 Å². The van der Waals surface area contributed by atoms with Crippen LogP contribution in [0, 0.1) is 6.92 Å². The first-order valence-electron chi connectivity index (χ1n) is 3.03. The maximum absolute atomic E-state index is 11.0. The highest BCUT2D eigenvalue weighted by atomic mass is 16.2. The number of hydrogen-bond donors (Lipinski definition) is 2. The van der Waals surface area contributed by atoms with Gasteiger partial charge in [0.1, 0.15) is 5.82 Å². The van der Waals surface area contributed by atoms with E-state index < -0.39 is 5.91 Å². The third kappa shape index (κ3) is 1.53. The fourth-order valence-corrected chi connectivity index (χ4v) is 0.596. The molecular formula is C5H9N5O. The summed E-state index contributed by atoms with van der Waals surface area (Å²) >= 11 is 0. The van der Waals surface area contributed by atoms with Gasteiger partial charge in [-0.3, -0.25) is 14.9 Å². The van der Waals surface area contributed by atoms with Gasteiger partial charge in [0.05, 0.1) is 0 Å². The van der Waals surface area contributed by atoms with Crippen LogP contribution in [0.3, 0.4) is 0 Å². The van der Waals surface area contributed by atoms with Gasteiger partial charge in [-0.05, 0) is 6.92 Å². The van der Waals surface area contributed by atoms with Crippen LogP contribution < -0.4 is 5.84 Å². The van der Waals surface area contributed by atoms with Crippen molar-refractivity contribution >= 4 is 5.91 Å². The van der Waals surface area contributed by atoms with E-state index in [9.17, 15) is 4.79 Å². The Bertz CT molecular complexity index is 266. The number of nitrogens with one attached hydrogen (secondary N) is 1.